The molecule has 1 N–H and O–H groups in total. The summed E-state index contributed by atoms with van der Waals surface area (Å²) in [5.41, 5.74) is 1.98. The molecule has 0 unspecified atom stereocenters. The Morgan fingerprint density at radius 2 is 1.56 bits per heavy atom. The number of hydrogen-bond acceptors (Lipinski definition) is 3. The maximum absolute atomic E-state index is 13.5. The van der Waals surface area contributed by atoms with Crippen LogP contribution in [0.5, 0.6) is 0 Å². The highest BCUT2D eigenvalue weighted by Crippen LogP contribution is 2.35. The van der Waals surface area contributed by atoms with E-state index >= 15 is 0 Å². The summed E-state index contributed by atoms with van der Waals surface area (Å²) in [6.45, 7) is 1.66. The molecule has 5 nitrogen and oxygen atoms in total. The van der Waals surface area contributed by atoms with Gasteiger partial charge in [0.1, 0.15) is 6.54 Å². The molecule has 0 radical (unpaired) electrons. The van der Waals surface area contributed by atoms with Crippen LogP contribution in [-0.2, 0) is 21.4 Å². The van der Waals surface area contributed by atoms with Crippen molar-refractivity contribution in [3.63, 3.8) is 0 Å². The van der Waals surface area contributed by atoms with Crippen LogP contribution in [0.4, 0.5) is 5.69 Å². The summed E-state index contributed by atoms with van der Waals surface area (Å²) in [6.07, 6.45) is 0. The van der Waals surface area contributed by atoms with Gasteiger partial charge in [-0.15, -0.1) is 0 Å². The van der Waals surface area contributed by atoms with Gasteiger partial charge < -0.3 is 5.32 Å². The van der Waals surface area contributed by atoms with Crippen LogP contribution in [-0.4, -0.2) is 20.9 Å². The zero-order valence-electron chi connectivity index (χ0n) is 18.3. The molecule has 1 amide bonds. The molecule has 0 saturated heterocycles. The van der Waals surface area contributed by atoms with E-state index in [1.165, 1.54) is 18.2 Å². The average molecular weight is 513 g/mol. The predicted octanol–water partition coefficient (Wildman–Crippen LogP) is 5.97. The molecule has 8 heteroatoms. The lowest BCUT2D eigenvalue weighted by molar-refractivity contribution is -0.119. The van der Waals surface area contributed by atoms with Crippen LogP contribution in [0.25, 0.3) is 10.8 Å². The minimum atomic E-state index is -4.09. The standard InChI is InChI=1S/C26H22Cl2N2O3S/c1-18-12-14-21(15-13-18)34(32,33)30(24-11-5-10-23(27)26(24)28)17-25(31)29-16-20-8-4-7-19-6-2-3-9-22(19)20/h2-15H,16-17H2,1H3,(H,29,31). The zero-order valence-corrected chi connectivity index (χ0v) is 20.7. The van der Waals surface area contributed by atoms with E-state index in [2.05, 4.69) is 5.32 Å². The summed E-state index contributed by atoms with van der Waals surface area (Å²) in [7, 11) is -4.09. The Hall–Kier alpha value is -3.06. The Bertz CT molecular complexity index is 1450. The van der Waals surface area contributed by atoms with Crippen LogP contribution in [0.3, 0.4) is 0 Å². The number of anilines is 1. The molecule has 4 rings (SSSR count). The number of halogens is 2. The third-order valence-corrected chi connectivity index (χ3v) is 8.03. The summed E-state index contributed by atoms with van der Waals surface area (Å²) in [4.78, 5) is 13.0. The van der Waals surface area contributed by atoms with Crippen molar-refractivity contribution in [2.45, 2.75) is 18.4 Å². The van der Waals surface area contributed by atoms with E-state index in [0.717, 1.165) is 26.2 Å². The molecule has 0 bridgehead atoms. The highest BCUT2D eigenvalue weighted by molar-refractivity contribution is 7.92. The molecule has 0 aromatic heterocycles. The van der Waals surface area contributed by atoms with Crippen molar-refractivity contribution < 1.29 is 13.2 Å². The maximum atomic E-state index is 13.5. The van der Waals surface area contributed by atoms with Gasteiger partial charge in [0.25, 0.3) is 10.0 Å². The van der Waals surface area contributed by atoms with Crippen molar-refractivity contribution in [3.8, 4) is 0 Å². The SMILES string of the molecule is Cc1ccc(S(=O)(=O)N(CC(=O)NCc2cccc3ccccc23)c2cccc(Cl)c2Cl)cc1. The summed E-state index contributed by atoms with van der Waals surface area (Å²) < 4.78 is 28.1. The number of aryl methyl sites for hydroxylation is 1. The first-order valence-electron chi connectivity index (χ1n) is 10.5. The number of rotatable bonds is 7. The van der Waals surface area contributed by atoms with Gasteiger partial charge in [-0.1, -0.05) is 89.4 Å². The normalized spacial score (nSPS) is 11.4. The van der Waals surface area contributed by atoms with Crippen LogP contribution in [0.2, 0.25) is 10.0 Å². The molecule has 0 aliphatic rings. The number of sulfonamides is 1. The summed E-state index contributed by atoms with van der Waals surface area (Å²) in [6, 6.07) is 24.8. The molecular formula is C26H22Cl2N2O3S. The van der Waals surface area contributed by atoms with E-state index in [1.54, 1.807) is 24.3 Å². The van der Waals surface area contributed by atoms with Crippen LogP contribution >= 0.6 is 23.2 Å². The number of carbonyl (C=O) groups excluding carboxylic acids is 1. The minimum absolute atomic E-state index is 0.0518. The lowest BCUT2D eigenvalue weighted by Gasteiger charge is -2.25. The van der Waals surface area contributed by atoms with Crippen LogP contribution in [0.15, 0.2) is 89.8 Å². The second kappa shape index (κ2) is 10.1. The molecular weight excluding hydrogens is 491 g/mol. The van der Waals surface area contributed by atoms with Crippen LogP contribution in [0.1, 0.15) is 11.1 Å². The Morgan fingerprint density at radius 3 is 2.32 bits per heavy atom. The summed E-state index contributed by atoms with van der Waals surface area (Å²) in [5, 5.41) is 5.17. The highest BCUT2D eigenvalue weighted by Gasteiger charge is 2.29. The third kappa shape index (κ3) is 5.04. The molecule has 0 fully saturated rings. The molecule has 174 valence electrons. The van der Waals surface area contributed by atoms with Gasteiger partial charge in [-0.3, -0.25) is 9.10 Å². The molecule has 4 aromatic carbocycles. The Labute approximate surface area is 209 Å². The molecule has 34 heavy (non-hydrogen) atoms. The van der Waals surface area contributed by atoms with Crippen molar-refractivity contribution >= 4 is 55.6 Å². The van der Waals surface area contributed by atoms with Gasteiger partial charge in [-0.2, -0.15) is 0 Å². The number of nitrogens with zero attached hydrogens (tertiary/aromatic N) is 1. The monoisotopic (exact) mass is 512 g/mol. The van der Waals surface area contributed by atoms with Crippen molar-refractivity contribution in [3.05, 3.63) is 106 Å². The fourth-order valence-corrected chi connectivity index (χ4v) is 5.53. The molecule has 0 aliphatic heterocycles. The fraction of sp³-hybridized carbons (Fsp3) is 0.115. The average Bonchev–Trinajstić information content (AvgIpc) is 2.83. The summed E-state index contributed by atoms with van der Waals surface area (Å²) in [5.74, 6) is -0.473. The Kier molecular flexibility index (Phi) is 7.12. The minimum Gasteiger partial charge on any atom is -0.350 e. The van der Waals surface area contributed by atoms with Crippen molar-refractivity contribution in [1.82, 2.24) is 5.32 Å². The fourth-order valence-electron chi connectivity index (χ4n) is 3.65. The number of hydrogen-bond donors (Lipinski definition) is 1. The number of carbonyl (C=O) groups is 1. The van der Waals surface area contributed by atoms with E-state index in [9.17, 15) is 13.2 Å². The van der Waals surface area contributed by atoms with Crippen LogP contribution in [0, 0.1) is 6.92 Å². The van der Waals surface area contributed by atoms with Gasteiger partial charge in [0, 0.05) is 6.54 Å². The van der Waals surface area contributed by atoms with Gasteiger partial charge in [0.05, 0.1) is 20.6 Å². The molecule has 0 aliphatic carbocycles. The van der Waals surface area contributed by atoms with Gasteiger partial charge in [-0.05, 0) is 47.5 Å². The lowest BCUT2D eigenvalue weighted by atomic mass is 10.0. The Morgan fingerprint density at radius 1 is 0.882 bits per heavy atom. The first kappa shape index (κ1) is 24.1. The molecule has 0 spiro atoms. The molecule has 0 heterocycles. The van der Waals surface area contributed by atoms with E-state index in [4.69, 9.17) is 23.2 Å². The zero-order chi connectivity index (χ0) is 24.3. The first-order chi connectivity index (χ1) is 16.3. The topological polar surface area (TPSA) is 66.5 Å². The molecule has 0 saturated carbocycles. The molecule has 4 aromatic rings. The third-order valence-electron chi connectivity index (χ3n) is 5.45. The van der Waals surface area contributed by atoms with E-state index in [-0.39, 0.29) is 27.2 Å². The smallest absolute Gasteiger partial charge is 0.264 e. The van der Waals surface area contributed by atoms with E-state index < -0.39 is 22.5 Å². The largest absolute Gasteiger partial charge is 0.350 e. The van der Waals surface area contributed by atoms with Gasteiger partial charge in [-0.25, -0.2) is 8.42 Å². The number of benzene rings is 4. The summed E-state index contributed by atoms with van der Waals surface area (Å²) >= 11 is 12.5. The van der Waals surface area contributed by atoms with E-state index in [1.807, 2.05) is 49.4 Å². The van der Waals surface area contributed by atoms with E-state index in [0.29, 0.717) is 0 Å². The van der Waals surface area contributed by atoms with Gasteiger partial charge in [0.15, 0.2) is 0 Å². The predicted molar refractivity (Wildman–Crippen MR) is 138 cm³/mol. The Balaban J connectivity index is 1.63. The number of amides is 1. The second-order valence-corrected chi connectivity index (χ2v) is 10.5. The van der Waals surface area contributed by atoms with Crippen molar-refractivity contribution in [2.75, 3.05) is 10.8 Å². The van der Waals surface area contributed by atoms with Gasteiger partial charge >= 0.3 is 0 Å². The lowest BCUT2D eigenvalue weighted by Crippen LogP contribution is -2.40. The highest BCUT2D eigenvalue weighted by atomic mass is 35.5. The quantitative estimate of drug-likeness (QED) is 0.331. The van der Waals surface area contributed by atoms with Crippen molar-refractivity contribution in [2.24, 2.45) is 0 Å². The first-order valence-corrected chi connectivity index (χ1v) is 12.7. The number of fused-ring (bicyclic) bond motifs is 1. The van der Waals surface area contributed by atoms with Crippen molar-refractivity contribution in [1.29, 1.82) is 0 Å². The maximum Gasteiger partial charge on any atom is 0.264 e. The van der Waals surface area contributed by atoms with Gasteiger partial charge in [0.2, 0.25) is 5.91 Å². The molecule has 0 atom stereocenters. The number of nitrogens with one attached hydrogen (secondary N) is 1. The second-order valence-electron chi connectivity index (χ2n) is 7.81. The van der Waals surface area contributed by atoms with Crippen LogP contribution < -0.4 is 9.62 Å².